The summed E-state index contributed by atoms with van der Waals surface area (Å²) in [6.07, 6.45) is 0. The van der Waals surface area contributed by atoms with Gasteiger partial charge in [-0.15, -0.1) is 12.4 Å². The van der Waals surface area contributed by atoms with E-state index in [1.54, 1.807) is 12.1 Å². The Morgan fingerprint density at radius 2 is 2.10 bits per heavy atom. The van der Waals surface area contributed by atoms with Crippen molar-refractivity contribution in [1.29, 1.82) is 0 Å². The van der Waals surface area contributed by atoms with Gasteiger partial charge in [0.2, 0.25) is 0 Å². The fourth-order valence-corrected chi connectivity index (χ4v) is 2.65. The first-order valence-corrected chi connectivity index (χ1v) is 7.10. The molecule has 2 aromatic rings. The standard InChI is InChI=1S/C14H17BrN4O.ClH/c1-7(2)12-11(15)13(19-18-12)14(20)17-10-6-9(16)5-4-8(10)3;/h4-7H,16H2,1-3H3,(H,17,20)(H,18,19);1H. The molecule has 0 aliphatic carbocycles. The van der Waals surface area contributed by atoms with E-state index in [1.165, 1.54) is 0 Å². The van der Waals surface area contributed by atoms with Crippen molar-refractivity contribution in [2.75, 3.05) is 11.1 Å². The van der Waals surface area contributed by atoms with Gasteiger partial charge in [-0.1, -0.05) is 19.9 Å². The number of aromatic nitrogens is 2. The zero-order valence-electron chi connectivity index (χ0n) is 12.0. The number of H-pyrrole nitrogens is 1. The van der Waals surface area contributed by atoms with E-state index in [2.05, 4.69) is 31.4 Å². The van der Waals surface area contributed by atoms with Crippen LogP contribution in [0.25, 0.3) is 0 Å². The summed E-state index contributed by atoms with van der Waals surface area (Å²) in [6.45, 7) is 5.97. The molecule has 1 heterocycles. The van der Waals surface area contributed by atoms with Gasteiger partial charge in [0.15, 0.2) is 5.69 Å². The highest BCUT2D eigenvalue weighted by molar-refractivity contribution is 9.10. The molecule has 2 rings (SSSR count). The Labute approximate surface area is 138 Å². The summed E-state index contributed by atoms with van der Waals surface area (Å²) in [5, 5.41) is 9.78. The number of halogens is 2. The number of amides is 1. The third-order valence-corrected chi connectivity index (χ3v) is 3.84. The van der Waals surface area contributed by atoms with E-state index in [4.69, 9.17) is 5.73 Å². The normalized spacial score (nSPS) is 10.3. The average Bonchev–Trinajstić information content (AvgIpc) is 2.76. The summed E-state index contributed by atoms with van der Waals surface area (Å²) >= 11 is 3.42. The largest absolute Gasteiger partial charge is 0.399 e. The van der Waals surface area contributed by atoms with Gasteiger partial charge in [0, 0.05) is 11.4 Å². The van der Waals surface area contributed by atoms with E-state index >= 15 is 0 Å². The highest BCUT2D eigenvalue weighted by atomic mass is 79.9. The lowest BCUT2D eigenvalue weighted by atomic mass is 10.1. The maximum Gasteiger partial charge on any atom is 0.277 e. The molecule has 0 saturated heterocycles. The molecule has 1 amide bonds. The van der Waals surface area contributed by atoms with E-state index in [0.29, 0.717) is 21.5 Å². The number of hydrogen-bond donors (Lipinski definition) is 3. The lowest BCUT2D eigenvalue weighted by molar-refractivity contribution is 0.102. The number of benzene rings is 1. The smallest absolute Gasteiger partial charge is 0.277 e. The number of nitrogen functional groups attached to an aromatic ring is 1. The highest BCUT2D eigenvalue weighted by Gasteiger charge is 2.19. The Hall–Kier alpha value is -1.53. The molecular formula is C14H18BrClN4O. The summed E-state index contributed by atoms with van der Waals surface area (Å²) < 4.78 is 0.701. The molecule has 0 atom stereocenters. The van der Waals surface area contributed by atoms with Crippen LogP contribution in [0.1, 0.15) is 41.5 Å². The van der Waals surface area contributed by atoms with Gasteiger partial charge in [-0.05, 0) is 46.5 Å². The minimum atomic E-state index is -0.270. The van der Waals surface area contributed by atoms with Gasteiger partial charge < -0.3 is 11.1 Å². The second-order valence-corrected chi connectivity index (χ2v) is 5.78. The number of rotatable bonds is 3. The van der Waals surface area contributed by atoms with E-state index in [0.717, 1.165) is 11.3 Å². The maximum atomic E-state index is 12.3. The molecule has 1 aromatic heterocycles. The van der Waals surface area contributed by atoms with Crippen LogP contribution >= 0.6 is 28.3 Å². The molecule has 0 spiro atoms. The predicted octanol–water partition coefficient (Wildman–Crippen LogP) is 3.86. The van der Waals surface area contributed by atoms with Crippen molar-refractivity contribution in [2.24, 2.45) is 0 Å². The Morgan fingerprint density at radius 1 is 1.43 bits per heavy atom. The van der Waals surface area contributed by atoms with E-state index in [9.17, 15) is 4.79 Å². The quantitative estimate of drug-likeness (QED) is 0.714. The van der Waals surface area contributed by atoms with Gasteiger partial charge in [0.1, 0.15) is 0 Å². The van der Waals surface area contributed by atoms with Gasteiger partial charge in [0.25, 0.3) is 5.91 Å². The zero-order chi connectivity index (χ0) is 14.9. The number of nitrogens with zero attached hydrogens (tertiary/aromatic N) is 1. The Bertz CT molecular complexity index is 654. The molecule has 1 aromatic carbocycles. The molecule has 7 heteroatoms. The maximum absolute atomic E-state index is 12.3. The second-order valence-electron chi connectivity index (χ2n) is 4.98. The van der Waals surface area contributed by atoms with Crippen LogP contribution in [0, 0.1) is 6.92 Å². The number of carbonyl (C=O) groups excluding carboxylic acids is 1. The number of nitrogens with two attached hydrogens (primary N) is 1. The number of hydrogen-bond acceptors (Lipinski definition) is 3. The molecule has 0 unspecified atom stereocenters. The molecule has 5 nitrogen and oxygen atoms in total. The molecular weight excluding hydrogens is 356 g/mol. The Kier molecular flexibility index (Phi) is 5.80. The minimum absolute atomic E-state index is 0. The van der Waals surface area contributed by atoms with Crippen molar-refractivity contribution in [3.8, 4) is 0 Å². The van der Waals surface area contributed by atoms with Crippen LogP contribution in [0.5, 0.6) is 0 Å². The molecule has 114 valence electrons. The molecule has 4 N–H and O–H groups in total. The van der Waals surface area contributed by atoms with Gasteiger partial charge in [-0.25, -0.2) is 0 Å². The van der Waals surface area contributed by atoms with Crippen LogP contribution in [0.3, 0.4) is 0 Å². The number of aryl methyl sites for hydroxylation is 1. The Balaban J connectivity index is 0.00000220. The number of aromatic amines is 1. The lowest BCUT2D eigenvalue weighted by Crippen LogP contribution is -2.14. The van der Waals surface area contributed by atoms with Crippen LogP contribution in [0.2, 0.25) is 0 Å². The first kappa shape index (κ1) is 17.5. The highest BCUT2D eigenvalue weighted by Crippen LogP contribution is 2.26. The van der Waals surface area contributed by atoms with Crippen molar-refractivity contribution >= 4 is 45.6 Å². The van der Waals surface area contributed by atoms with Crippen LogP contribution in [0.4, 0.5) is 11.4 Å². The van der Waals surface area contributed by atoms with Crippen molar-refractivity contribution in [1.82, 2.24) is 10.2 Å². The minimum Gasteiger partial charge on any atom is -0.399 e. The molecule has 0 aliphatic heterocycles. The monoisotopic (exact) mass is 372 g/mol. The predicted molar refractivity (Wildman–Crippen MR) is 91.2 cm³/mol. The molecule has 0 saturated carbocycles. The number of anilines is 2. The average molecular weight is 374 g/mol. The summed E-state index contributed by atoms with van der Waals surface area (Å²) in [4.78, 5) is 12.3. The summed E-state index contributed by atoms with van der Waals surface area (Å²) in [6, 6.07) is 5.40. The Morgan fingerprint density at radius 3 is 2.67 bits per heavy atom. The van der Waals surface area contributed by atoms with Gasteiger partial charge >= 0.3 is 0 Å². The van der Waals surface area contributed by atoms with E-state index < -0.39 is 0 Å². The lowest BCUT2D eigenvalue weighted by Gasteiger charge is -2.08. The van der Waals surface area contributed by atoms with Gasteiger partial charge in [0.05, 0.1) is 10.2 Å². The van der Waals surface area contributed by atoms with Crippen LogP contribution in [-0.4, -0.2) is 16.1 Å². The van der Waals surface area contributed by atoms with Crippen molar-refractivity contribution in [2.45, 2.75) is 26.7 Å². The third kappa shape index (κ3) is 3.77. The first-order valence-electron chi connectivity index (χ1n) is 6.31. The molecule has 21 heavy (non-hydrogen) atoms. The zero-order valence-corrected chi connectivity index (χ0v) is 14.4. The first-order chi connectivity index (χ1) is 9.40. The van der Waals surface area contributed by atoms with Crippen molar-refractivity contribution in [3.63, 3.8) is 0 Å². The summed E-state index contributed by atoms with van der Waals surface area (Å²) in [7, 11) is 0. The fraction of sp³-hybridized carbons (Fsp3) is 0.286. The van der Waals surface area contributed by atoms with Crippen LogP contribution in [-0.2, 0) is 0 Å². The molecule has 0 bridgehead atoms. The van der Waals surface area contributed by atoms with Crippen LogP contribution in [0.15, 0.2) is 22.7 Å². The van der Waals surface area contributed by atoms with Gasteiger partial charge in [-0.2, -0.15) is 5.10 Å². The molecule has 0 fully saturated rings. The summed E-state index contributed by atoms with van der Waals surface area (Å²) in [5.74, 6) is -0.0127. The SMILES string of the molecule is Cc1ccc(N)cc1NC(=O)c1n[nH]c(C(C)C)c1Br.Cl. The van der Waals surface area contributed by atoms with Crippen molar-refractivity contribution in [3.05, 3.63) is 39.6 Å². The number of nitrogens with one attached hydrogen (secondary N) is 2. The van der Waals surface area contributed by atoms with Crippen molar-refractivity contribution < 1.29 is 4.79 Å². The topological polar surface area (TPSA) is 83.8 Å². The number of carbonyl (C=O) groups is 1. The van der Waals surface area contributed by atoms with E-state index in [1.807, 2.05) is 26.8 Å². The van der Waals surface area contributed by atoms with Crippen LogP contribution < -0.4 is 11.1 Å². The van der Waals surface area contributed by atoms with Gasteiger partial charge in [-0.3, -0.25) is 9.89 Å². The molecule has 0 radical (unpaired) electrons. The summed E-state index contributed by atoms with van der Waals surface area (Å²) in [5.41, 5.74) is 9.22. The van der Waals surface area contributed by atoms with E-state index in [-0.39, 0.29) is 24.2 Å². The second kappa shape index (κ2) is 6.95. The fourth-order valence-electron chi connectivity index (χ4n) is 1.83. The third-order valence-electron chi connectivity index (χ3n) is 3.03. The molecule has 0 aliphatic rings.